The third kappa shape index (κ3) is 10.2. The first kappa shape index (κ1) is 28.2. The minimum atomic E-state index is -0.935. The number of hydrogen-bond acceptors (Lipinski definition) is 3. The van der Waals surface area contributed by atoms with Crippen LogP contribution < -0.4 is 9.78 Å². The molecule has 4 heteroatoms. The maximum absolute atomic E-state index is 9.60. The van der Waals surface area contributed by atoms with E-state index in [0.29, 0.717) is 11.8 Å². The normalized spacial score (nSPS) is 9.74. The monoisotopic (exact) mass is 460 g/mol. The quantitative estimate of drug-likeness (QED) is 0.219. The lowest BCUT2D eigenvalue weighted by molar-refractivity contribution is -0.132. The van der Waals surface area contributed by atoms with Crippen molar-refractivity contribution in [3.8, 4) is 11.5 Å². The van der Waals surface area contributed by atoms with Crippen molar-refractivity contribution in [2.75, 3.05) is 0 Å². The summed E-state index contributed by atoms with van der Waals surface area (Å²) in [5.74, 6) is 1.42. The summed E-state index contributed by atoms with van der Waals surface area (Å²) in [6, 6.07) is 26.0. The average Bonchev–Trinajstić information content (AvgIpc) is 2.84. The Kier molecular flexibility index (Phi) is 12.6. The van der Waals surface area contributed by atoms with Gasteiger partial charge in [0.05, 0.1) is 0 Å². The molecule has 3 aromatic carbocycles. The molecule has 0 radical (unpaired) electrons. The van der Waals surface area contributed by atoms with E-state index in [1.54, 1.807) is 0 Å². The highest BCUT2D eigenvalue weighted by Crippen LogP contribution is 2.29. The van der Waals surface area contributed by atoms with Gasteiger partial charge in [-0.05, 0) is 36.5 Å². The Morgan fingerprint density at radius 3 is 1.41 bits per heavy atom. The molecule has 0 saturated carbocycles. The van der Waals surface area contributed by atoms with E-state index < -0.39 is 5.97 Å². The number of para-hydroxylation sites is 2. The Balaban J connectivity index is 0.000000338. The van der Waals surface area contributed by atoms with Crippen LogP contribution in [0.15, 0.2) is 97.6 Å². The van der Waals surface area contributed by atoms with Crippen molar-refractivity contribution in [3.63, 3.8) is 0 Å². The van der Waals surface area contributed by atoms with Gasteiger partial charge in [0.15, 0.2) is 11.5 Å². The van der Waals surface area contributed by atoms with Crippen LogP contribution in [0, 0.1) is 0 Å². The van der Waals surface area contributed by atoms with Gasteiger partial charge in [0.1, 0.15) is 0 Å². The summed E-state index contributed by atoms with van der Waals surface area (Å²) in [6.45, 7) is 16.8. The second kappa shape index (κ2) is 15.1. The van der Waals surface area contributed by atoms with Gasteiger partial charge in [-0.25, -0.2) is 4.79 Å². The lowest BCUT2D eigenvalue weighted by Gasteiger charge is -2.15. The molecule has 4 nitrogen and oxygen atoms in total. The van der Waals surface area contributed by atoms with Crippen LogP contribution >= 0.6 is 0 Å². The first-order valence-corrected chi connectivity index (χ1v) is 11.3. The van der Waals surface area contributed by atoms with E-state index in [4.69, 9.17) is 14.9 Å². The first-order chi connectivity index (χ1) is 16.2. The van der Waals surface area contributed by atoms with E-state index >= 15 is 0 Å². The predicted octanol–water partition coefficient (Wildman–Crippen LogP) is 8.28. The van der Waals surface area contributed by atoms with Gasteiger partial charge >= 0.3 is 5.97 Å². The second-order valence-corrected chi connectivity index (χ2v) is 8.25. The number of hydrogen-bond donors (Lipinski definition) is 1. The summed E-state index contributed by atoms with van der Waals surface area (Å²) in [4.78, 5) is 20.8. The molecule has 0 heterocycles. The minimum absolute atomic E-state index is 0.176. The van der Waals surface area contributed by atoms with Crippen molar-refractivity contribution in [1.29, 1.82) is 0 Å². The summed E-state index contributed by atoms with van der Waals surface area (Å²) < 4.78 is 0. The smallest absolute Gasteiger partial charge is 0.330 e. The number of aliphatic carboxylic acids is 1. The molecule has 0 amide bonds. The van der Waals surface area contributed by atoms with E-state index in [1.807, 2.05) is 72.8 Å². The van der Waals surface area contributed by atoms with Gasteiger partial charge in [0.25, 0.3) is 0 Å². The van der Waals surface area contributed by atoms with Gasteiger partial charge in [0, 0.05) is 16.7 Å². The molecule has 0 aromatic heterocycles. The van der Waals surface area contributed by atoms with Gasteiger partial charge in [-0.1, -0.05) is 114 Å². The molecular weight excluding hydrogens is 424 g/mol. The van der Waals surface area contributed by atoms with Crippen LogP contribution in [0.2, 0.25) is 0 Å². The van der Waals surface area contributed by atoms with Crippen LogP contribution in [0.25, 0.3) is 6.08 Å². The van der Waals surface area contributed by atoms with E-state index in [0.717, 1.165) is 22.6 Å². The molecule has 0 unspecified atom stereocenters. The summed E-state index contributed by atoms with van der Waals surface area (Å²) >= 11 is 0. The molecule has 0 bridgehead atoms. The highest BCUT2D eigenvalue weighted by Gasteiger charge is 2.11. The van der Waals surface area contributed by atoms with Crippen molar-refractivity contribution >= 4 is 12.0 Å². The SMILES string of the molecule is C=C(C)C(=O)O.C=Cc1ccccc1.CC(C)c1ccccc1OOc1ccccc1C(C)C. The Hall–Kier alpha value is -3.79. The Bertz CT molecular complexity index is 973. The van der Waals surface area contributed by atoms with Gasteiger partial charge in [0.2, 0.25) is 0 Å². The van der Waals surface area contributed by atoms with Crippen LogP contribution in [0.5, 0.6) is 11.5 Å². The number of carboxylic acid groups (broad SMARTS) is 1. The van der Waals surface area contributed by atoms with Gasteiger partial charge in [-0.15, -0.1) is 0 Å². The summed E-state index contributed by atoms with van der Waals surface area (Å²) in [5.41, 5.74) is 3.64. The molecule has 0 aliphatic heterocycles. The molecule has 0 aliphatic rings. The summed E-state index contributed by atoms with van der Waals surface area (Å²) in [5, 5.41) is 7.89. The molecule has 1 N–H and O–H groups in total. The maximum atomic E-state index is 9.60. The molecule has 3 rings (SSSR count). The van der Waals surface area contributed by atoms with Gasteiger partial charge < -0.3 is 5.11 Å². The number of carboxylic acids is 1. The fraction of sp³-hybridized carbons (Fsp3) is 0.233. The van der Waals surface area contributed by atoms with E-state index in [9.17, 15) is 4.79 Å². The molecule has 180 valence electrons. The summed E-state index contributed by atoms with van der Waals surface area (Å²) in [6.07, 6.45) is 1.83. The van der Waals surface area contributed by atoms with Crippen LogP contribution in [0.1, 0.15) is 63.1 Å². The lowest BCUT2D eigenvalue weighted by Crippen LogP contribution is -2.06. The molecule has 0 saturated heterocycles. The fourth-order valence-corrected chi connectivity index (χ4v) is 2.75. The van der Waals surface area contributed by atoms with Crippen molar-refractivity contribution in [2.45, 2.75) is 46.5 Å². The van der Waals surface area contributed by atoms with E-state index in [-0.39, 0.29) is 5.57 Å². The van der Waals surface area contributed by atoms with Crippen molar-refractivity contribution < 1.29 is 19.7 Å². The van der Waals surface area contributed by atoms with Crippen LogP contribution in [0.4, 0.5) is 0 Å². The highest BCUT2D eigenvalue weighted by molar-refractivity contribution is 5.84. The Morgan fingerprint density at radius 2 is 1.12 bits per heavy atom. The molecule has 3 aromatic rings. The molecule has 0 fully saturated rings. The fourth-order valence-electron chi connectivity index (χ4n) is 2.75. The van der Waals surface area contributed by atoms with Crippen LogP contribution in [-0.4, -0.2) is 11.1 Å². The minimum Gasteiger partial charge on any atom is -0.478 e. The van der Waals surface area contributed by atoms with E-state index in [1.165, 1.54) is 12.5 Å². The molecule has 34 heavy (non-hydrogen) atoms. The Morgan fingerprint density at radius 1 is 0.765 bits per heavy atom. The van der Waals surface area contributed by atoms with Gasteiger partial charge in [-0.2, -0.15) is 0 Å². The largest absolute Gasteiger partial charge is 0.478 e. The Labute approximate surface area is 204 Å². The standard InChI is InChI=1S/C18H22O2.C8H8.C4H6O2/c1-13(2)15-9-5-7-11-17(15)19-20-18-12-8-6-10-16(18)14(3)4;1-2-8-6-4-3-5-7-8;1-3(2)4(5)6/h5-14H,1-4H3;2-7H,1H2;1H2,2H3,(H,5,6). The molecule has 0 atom stereocenters. The van der Waals surface area contributed by atoms with Crippen LogP contribution in [-0.2, 0) is 4.79 Å². The zero-order valence-corrected chi connectivity index (χ0v) is 20.8. The lowest BCUT2D eigenvalue weighted by atomic mass is 10.0. The maximum Gasteiger partial charge on any atom is 0.330 e. The summed E-state index contributed by atoms with van der Waals surface area (Å²) in [7, 11) is 0. The molecular formula is C30H36O4. The van der Waals surface area contributed by atoms with Crippen molar-refractivity contribution in [3.05, 3.63) is 114 Å². The molecule has 0 spiro atoms. The number of rotatable bonds is 7. The van der Waals surface area contributed by atoms with Crippen molar-refractivity contribution in [2.24, 2.45) is 0 Å². The third-order valence-corrected chi connectivity index (χ3v) is 4.70. The zero-order chi connectivity index (χ0) is 25.5. The first-order valence-electron chi connectivity index (χ1n) is 11.3. The predicted molar refractivity (Wildman–Crippen MR) is 141 cm³/mol. The van der Waals surface area contributed by atoms with E-state index in [2.05, 4.69) is 53.0 Å². The third-order valence-electron chi connectivity index (χ3n) is 4.70. The highest BCUT2D eigenvalue weighted by atomic mass is 17.2. The van der Waals surface area contributed by atoms with Crippen molar-refractivity contribution in [1.82, 2.24) is 0 Å². The number of benzene rings is 3. The number of carbonyl (C=O) groups is 1. The molecule has 0 aliphatic carbocycles. The van der Waals surface area contributed by atoms with Gasteiger partial charge in [-0.3, -0.25) is 9.78 Å². The zero-order valence-electron chi connectivity index (χ0n) is 20.8. The second-order valence-electron chi connectivity index (χ2n) is 8.25. The topological polar surface area (TPSA) is 55.8 Å². The van der Waals surface area contributed by atoms with Crippen LogP contribution in [0.3, 0.4) is 0 Å². The average molecular weight is 461 g/mol.